The molecule has 0 saturated carbocycles. The average molecular weight is 379 g/mol. The minimum atomic E-state index is -4.97. The minimum Gasteiger partial charge on any atom is -0.378 e. The number of aliphatic hydroxyl groups excluding tert-OH is 1. The highest BCUT2D eigenvalue weighted by Crippen LogP contribution is 2.18. The number of nitrogens with zero attached hydrogens (tertiary/aromatic N) is 1. The molecule has 0 aliphatic rings. The normalized spacial score (nSPS) is 13.0. The summed E-state index contributed by atoms with van der Waals surface area (Å²) in [5.74, 6) is -2.79. The molecule has 1 atom stereocenters. The molecular formula is C18H16F3N3O3. The molecule has 2 rings (SSSR count). The van der Waals surface area contributed by atoms with E-state index in [0.29, 0.717) is 16.8 Å². The Morgan fingerprint density at radius 2 is 1.63 bits per heavy atom. The Balaban J connectivity index is 1.99. The van der Waals surface area contributed by atoms with Gasteiger partial charge in [-0.1, -0.05) is 42.5 Å². The van der Waals surface area contributed by atoms with Crippen molar-refractivity contribution in [2.24, 2.45) is 5.10 Å². The molecule has 0 aromatic heterocycles. The summed E-state index contributed by atoms with van der Waals surface area (Å²) >= 11 is 0. The summed E-state index contributed by atoms with van der Waals surface area (Å²) in [5, 5.41) is 15.5. The van der Waals surface area contributed by atoms with Gasteiger partial charge in [-0.2, -0.15) is 18.3 Å². The van der Waals surface area contributed by atoms with Gasteiger partial charge in [0.25, 0.3) is 5.91 Å². The molecule has 9 heteroatoms. The topological polar surface area (TPSA) is 90.8 Å². The molecule has 0 bridgehead atoms. The fourth-order valence-corrected chi connectivity index (χ4v) is 2.05. The summed E-state index contributed by atoms with van der Waals surface area (Å²) < 4.78 is 36.6. The summed E-state index contributed by atoms with van der Waals surface area (Å²) in [6, 6.07) is 13.7. The van der Waals surface area contributed by atoms with Gasteiger partial charge in [0.1, 0.15) is 0 Å². The SMILES string of the molecule is C/C(=N/NC(=O)C(O)c1ccccc1)c1ccc(NC(=O)C(F)(F)F)cc1. The molecular weight excluding hydrogens is 363 g/mol. The Hall–Kier alpha value is -3.20. The van der Waals surface area contributed by atoms with Crippen LogP contribution in [-0.4, -0.2) is 28.8 Å². The van der Waals surface area contributed by atoms with Crippen LogP contribution in [0, 0.1) is 0 Å². The molecule has 0 spiro atoms. The van der Waals surface area contributed by atoms with E-state index < -0.39 is 24.1 Å². The molecule has 0 aliphatic heterocycles. The second-order valence-corrected chi connectivity index (χ2v) is 5.52. The van der Waals surface area contributed by atoms with Gasteiger partial charge in [0.05, 0.1) is 5.71 Å². The van der Waals surface area contributed by atoms with Crippen molar-refractivity contribution in [2.75, 3.05) is 5.32 Å². The molecule has 3 N–H and O–H groups in total. The third-order valence-corrected chi connectivity index (χ3v) is 3.52. The zero-order valence-corrected chi connectivity index (χ0v) is 14.1. The standard InChI is InChI=1S/C18H16F3N3O3/c1-11(23-24-16(26)15(25)13-5-3-2-4-6-13)12-7-9-14(10-8-12)22-17(27)18(19,20)21/h2-10,15,25H,1H3,(H,22,27)(H,24,26)/b23-11-. The molecule has 2 aromatic carbocycles. The van der Waals surface area contributed by atoms with E-state index in [2.05, 4.69) is 10.5 Å². The predicted octanol–water partition coefficient (Wildman–Crippen LogP) is 2.76. The number of anilines is 1. The van der Waals surface area contributed by atoms with Crippen molar-refractivity contribution in [3.63, 3.8) is 0 Å². The molecule has 1 unspecified atom stereocenters. The zero-order valence-electron chi connectivity index (χ0n) is 14.1. The van der Waals surface area contributed by atoms with Crippen LogP contribution in [0.5, 0.6) is 0 Å². The fraction of sp³-hybridized carbons (Fsp3) is 0.167. The maximum atomic E-state index is 12.2. The first-order valence-electron chi connectivity index (χ1n) is 7.74. The number of hydrazone groups is 1. The highest BCUT2D eigenvalue weighted by Gasteiger charge is 2.38. The van der Waals surface area contributed by atoms with Gasteiger partial charge >= 0.3 is 12.1 Å². The van der Waals surface area contributed by atoms with Crippen LogP contribution >= 0.6 is 0 Å². The molecule has 0 heterocycles. The number of hydrogen-bond acceptors (Lipinski definition) is 4. The second-order valence-electron chi connectivity index (χ2n) is 5.52. The van der Waals surface area contributed by atoms with Crippen LogP contribution in [0.4, 0.5) is 18.9 Å². The van der Waals surface area contributed by atoms with Crippen molar-refractivity contribution >= 4 is 23.2 Å². The quantitative estimate of drug-likeness (QED) is 0.551. The zero-order chi connectivity index (χ0) is 20.0. The van der Waals surface area contributed by atoms with Crippen molar-refractivity contribution in [3.05, 3.63) is 65.7 Å². The Kier molecular flexibility index (Phi) is 6.30. The van der Waals surface area contributed by atoms with E-state index in [-0.39, 0.29) is 5.69 Å². The Bertz CT molecular complexity index is 834. The van der Waals surface area contributed by atoms with E-state index in [1.807, 2.05) is 0 Å². The lowest BCUT2D eigenvalue weighted by Crippen LogP contribution is -2.29. The minimum absolute atomic E-state index is 0.0302. The first-order chi connectivity index (χ1) is 12.7. The molecule has 6 nitrogen and oxygen atoms in total. The third-order valence-electron chi connectivity index (χ3n) is 3.52. The lowest BCUT2D eigenvalue weighted by Gasteiger charge is -2.10. The van der Waals surface area contributed by atoms with Crippen LogP contribution in [0.3, 0.4) is 0 Å². The number of alkyl halides is 3. The van der Waals surface area contributed by atoms with Crippen LogP contribution < -0.4 is 10.7 Å². The number of rotatable bonds is 5. The monoisotopic (exact) mass is 379 g/mol. The molecule has 2 aromatic rings. The van der Waals surface area contributed by atoms with Crippen LogP contribution in [0.25, 0.3) is 0 Å². The number of carbonyl (C=O) groups is 2. The van der Waals surface area contributed by atoms with Crippen LogP contribution in [0.2, 0.25) is 0 Å². The molecule has 0 saturated heterocycles. The van der Waals surface area contributed by atoms with Gasteiger partial charge in [-0.25, -0.2) is 5.43 Å². The number of nitrogens with one attached hydrogen (secondary N) is 2. The number of amides is 2. The van der Waals surface area contributed by atoms with Crippen molar-refractivity contribution in [3.8, 4) is 0 Å². The molecule has 0 fully saturated rings. The molecule has 0 radical (unpaired) electrons. The van der Waals surface area contributed by atoms with Crippen molar-refractivity contribution in [1.82, 2.24) is 5.43 Å². The third kappa shape index (κ3) is 5.65. The van der Waals surface area contributed by atoms with E-state index in [1.54, 1.807) is 42.6 Å². The van der Waals surface area contributed by atoms with Gasteiger partial charge < -0.3 is 10.4 Å². The number of hydrogen-bond donors (Lipinski definition) is 3. The van der Waals surface area contributed by atoms with E-state index in [0.717, 1.165) is 0 Å². The summed E-state index contributed by atoms with van der Waals surface area (Å²) in [4.78, 5) is 22.8. The smallest absolute Gasteiger partial charge is 0.378 e. The number of aliphatic hydroxyl groups is 1. The van der Waals surface area contributed by atoms with Crippen molar-refractivity contribution in [1.29, 1.82) is 0 Å². The largest absolute Gasteiger partial charge is 0.471 e. The van der Waals surface area contributed by atoms with Crippen LogP contribution in [-0.2, 0) is 9.59 Å². The lowest BCUT2D eigenvalue weighted by molar-refractivity contribution is -0.167. The highest BCUT2D eigenvalue weighted by atomic mass is 19.4. The maximum Gasteiger partial charge on any atom is 0.471 e. The first-order valence-corrected chi connectivity index (χ1v) is 7.74. The molecule has 0 aliphatic carbocycles. The van der Waals surface area contributed by atoms with Gasteiger partial charge in [-0.15, -0.1) is 0 Å². The van der Waals surface area contributed by atoms with Gasteiger partial charge in [-0.05, 0) is 30.2 Å². The molecule has 27 heavy (non-hydrogen) atoms. The summed E-state index contributed by atoms with van der Waals surface area (Å²) in [6.07, 6.45) is -6.36. The number of benzene rings is 2. The summed E-state index contributed by atoms with van der Waals surface area (Å²) in [6.45, 7) is 1.57. The Morgan fingerprint density at radius 3 is 2.19 bits per heavy atom. The van der Waals surface area contributed by atoms with E-state index in [9.17, 15) is 27.9 Å². The average Bonchev–Trinajstić information content (AvgIpc) is 2.65. The molecule has 142 valence electrons. The van der Waals surface area contributed by atoms with Gasteiger partial charge in [0.2, 0.25) is 0 Å². The van der Waals surface area contributed by atoms with Gasteiger partial charge in [0, 0.05) is 5.69 Å². The van der Waals surface area contributed by atoms with Gasteiger partial charge in [0.15, 0.2) is 6.10 Å². The Morgan fingerprint density at radius 1 is 1.04 bits per heavy atom. The first kappa shape index (κ1) is 20.1. The van der Waals surface area contributed by atoms with E-state index >= 15 is 0 Å². The lowest BCUT2D eigenvalue weighted by atomic mass is 10.1. The van der Waals surface area contributed by atoms with Gasteiger partial charge in [-0.3, -0.25) is 9.59 Å². The summed E-state index contributed by atoms with van der Waals surface area (Å²) in [7, 11) is 0. The van der Waals surface area contributed by atoms with Crippen molar-refractivity contribution < 1.29 is 27.9 Å². The van der Waals surface area contributed by atoms with Crippen LogP contribution in [0.15, 0.2) is 59.7 Å². The predicted molar refractivity (Wildman–Crippen MR) is 92.9 cm³/mol. The van der Waals surface area contributed by atoms with E-state index in [1.165, 1.54) is 24.3 Å². The summed E-state index contributed by atoms with van der Waals surface area (Å²) in [5.41, 5.74) is 3.47. The van der Waals surface area contributed by atoms with E-state index in [4.69, 9.17) is 0 Å². The fourth-order valence-electron chi connectivity index (χ4n) is 2.05. The number of carbonyl (C=O) groups excluding carboxylic acids is 2. The van der Waals surface area contributed by atoms with Crippen LogP contribution in [0.1, 0.15) is 24.2 Å². The highest BCUT2D eigenvalue weighted by molar-refractivity contribution is 6.00. The van der Waals surface area contributed by atoms with Crippen molar-refractivity contribution in [2.45, 2.75) is 19.2 Å². The molecule has 2 amide bonds. The number of halogens is 3. The Labute approximate surface area is 152 Å². The maximum absolute atomic E-state index is 12.2. The second kappa shape index (κ2) is 8.45.